The second-order valence-electron chi connectivity index (χ2n) is 12.0. The molecule has 0 saturated heterocycles. The first-order valence-electron chi connectivity index (χ1n) is 12.4. The van der Waals surface area contributed by atoms with Crippen LogP contribution in [0.3, 0.4) is 0 Å². The zero-order valence-electron chi connectivity index (χ0n) is 22.8. The highest BCUT2D eigenvalue weighted by Gasteiger charge is 2.45. The number of aliphatic hydroxyl groups excluding tert-OH is 1. The largest absolute Gasteiger partial charge is 0.442 e. The summed E-state index contributed by atoms with van der Waals surface area (Å²) in [7, 11) is -2.06. The molecule has 12 heteroatoms. The van der Waals surface area contributed by atoms with Gasteiger partial charge in [0.2, 0.25) is 5.78 Å². The van der Waals surface area contributed by atoms with Crippen LogP contribution in [0, 0.1) is 5.92 Å². The zero-order valence-corrected chi connectivity index (χ0v) is 23.8. The number of anilines is 1. The van der Waals surface area contributed by atoms with Crippen LogP contribution >= 0.6 is 0 Å². The topological polar surface area (TPSA) is 128 Å². The first kappa shape index (κ1) is 28.9. The Morgan fingerprint density at radius 3 is 2.54 bits per heavy atom. The lowest BCUT2D eigenvalue weighted by Crippen LogP contribution is -2.42. The molecule has 0 amide bonds. The van der Waals surface area contributed by atoms with E-state index in [2.05, 4.69) is 54.2 Å². The fraction of sp³-hybridized carbons (Fsp3) is 0.640. The average molecular weight is 536 g/mol. The van der Waals surface area contributed by atoms with Gasteiger partial charge in [0.15, 0.2) is 8.32 Å². The van der Waals surface area contributed by atoms with Gasteiger partial charge in [-0.05, 0) is 51.4 Å². The molecule has 0 aliphatic heterocycles. The summed E-state index contributed by atoms with van der Waals surface area (Å²) < 4.78 is 27.5. The summed E-state index contributed by atoms with van der Waals surface area (Å²) in [5.74, 6) is -0.818. The number of ether oxygens (including phenoxy) is 1. The van der Waals surface area contributed by atoms with Crippen LogP contribution in [-0.4, -0.2) is 75.6 Å². The van der Waals surface area contributed by atoms with Crippen molar-refractivity contribution in [2.75, 3.05) is 11.9 Å². The predicted octanol–water partition coefficient (Wildman–Crippen LogP) is 4.21. The van der Waals surface area contributed by atoms with Crippen LogP contribution in [0.1, 0.15) is 64.0 Å². The monoisotopic (exact) mass is 535 g/mol. The number of rotatable bonds is 7. The SMILES string of the molecule is CC(C)(C)OC(=O)n1ccc(C(=O)c2cncnc2N[C@@H]2C[C@H](CO[Si](C)(C)C(C)(C)C)[C@@H](O)[C@@H]2F)n1. The van der Waals surface area contributed by atoms with Crippen molar-refractivity contribution in [1.82, 2.24) is 19.7 Å². The molecule has 0 aromatic carbocycles. The van der Waals surface area contributed by atoms with Crippen LogP contribution in [0.5, 0.6) is 0 Å². The molecule has 37 heavy (non-hydrogen) atoms. The molecule has 0 spiro atoms. The number of hydrogen-bond acceptors (Lipinski definition) is 9. The zero-order chi connectivity index (χ0) is 27.8. The molecule has 4 atom stereocenters. The number of carbonyl (C=O) groups excluding carboxylic acids is 2. The van der Waals surface area contributed by atoms with Crippen molar-refractivity contribution in [2.45, 2.75) is 90.0 Å². The van der Waals surface area contributed by atoms with Gasteiger partial charge in [-0.2, -0.15) is 9.78 Å². The molecule has 0 bridgehead atoms. The van der Waals surface area contributed by atoms with Crippen molar-refractivity contribution < 1.29 is 28.2 Å². The van der Waals surface area contributed by atoms with E-state index in [1.807, 2.05) is 0 Å². The molecule has 0 radical (unpaired) electrons. The fourth-order valence-corrected chi connectivity index (χ4v) is 4.77. The minimum atomic E-state index is -2.06. The molecule has 0 unspecified atom stereocenters. The first-order chi connectivity index (χ1) is 17.0. The highest BCUT2D eigenvalue weighted by molar-refractivity contribution is 6.74. The maximum Gasteiger partial charge on any atom is 0.435 e. The van der Waals surface area contributed by atoms with Crippen LogP contribution in [0.2, 0.25) is 18.1 Å². The van der Waals surface area contributed by atoms with Crippen LogP contribution in [0.15, 0.2) is 24.8 Å². The highest BCUT2D eigenvalue weighted by atomic mass is 28.4. The number of halogens is 1. The van der Waals surface area contributed by atoms with Gasteiger partial charge in [-0.1, -0.05) is 20.8 Å². The highest BCUT2D eigenvalue weighted by Crippen LogP contribution is 2.39. The molecule has 1 aliphatic rings. The Labute approximate surface area is 218 Å². The Hall–Kier alpha value is -2.70. The molecule has 3 rings (SSSR count). The van der Waals surface area contributed by atoms with Crippen LogP contribution < -0.4 is 5.32 Å². The molecule has 2 N–H and O–H groups in total. The Morgan fingerprint density at radius 2 is 1.92 bits per heavy atom. The van der Waals surface area contributed by atoms with Gasteiger partial charge in [0, 0.05) is 24.9 Å². The fourth-order valence-electron chi connectivity index (χ4n) is 3.71. The predicted molar refractivity (Wildman–Crippen MR) is 139 cm³/mol. The average Bonchev–Trinajstić information content (AvgIpc) is 3.37. The van der Waals surface area contributed by atoms with Gasteiger partial charge < -0.3 is 19.6 Å². The summed E-state index contributed by atoms with van der Waals surface area (Å²) in [4.78, 5) is 33.5. The number of nitrogens with one attached hydrogen (secondary N) is 1. The van der Waals surface area contributed by atoms with E-state index in [1.54, 1.807) is 20.8 Å². The van der Waals surface area contributed by atoms with Crippen molar-refractivity contribution in [3.8, 4) is 0 Å². The number of aliphatic hydroxyl groups is 1. The summed E-state index contributed by atoms with van der Waals surface area (Å²) in [5, 5.41) is 17.6. The van der Waals surface area contributed by atoms with Gasteiger partial charge in [0.1, 0.15) is 29.6 Å². The molecule has 2 heterocycles. The molecular weight excluding hydrogens is 497 g/mol. The van der Waals surface area contributed by atoms with Crippen molar-refractivity contribution in [3.63, 3.8) is 0 Å². The lowest BCUT2D eigenvalue weighted by Gasteiger charge is -2.37. The second-order valence-corrected chi connectivity index (χ2v) is 16.8. The van der Waals surface area contributed by atoms with Crippen LogP contribution in [0.25, 0.3) is 0 Å². The van der Waals surface area contributed by atoms with E-state index in [-0.39, 0.29) is 28.7 Å². The quantitative estimate of drug-likeness (QED) is 0.396. The van der Waals surface area contributed by atoms with Gasteiger partial charge in [-0.15, -0.1) is 0 Å². The van der Waals surface area contributed by atoms with Gasteiger partial charge >= 0.3 is 6.09 Å². The van der Waals surface area contributed by atoms with E-state index in [4.69, 9.17) is 9.16 Å². The molecule has 204 valence electrons. The lowest BCUT2D eigenvalue weighted by atomic mass is 10.1. The summed E-state index contributed by atoms with van der Waals surface area (Å²) >= 11 is 0. The van der Waals surface area contributed by atoms with Gasteiger partial charge in [-0.3, -0.25) is 4.79 Å². The Kier molecular flexibility index (Phi) is 8.25. The number of aromatic nitrogens is 4. The first-order valence-corrected chi connectivity index (χ1v) is 15.3. The number of ketones is 1. The smallest absolute Gasteiger partial charge is 0.435 e. The molecule has 2 aromatic heterocycles. The third kappa shape index (κ3) is 6.79. The van der Waals surface area contributed by atoms with E-state index in [9.17, 15) is 14.7 Å². The van der Waals surface area contributed by atoms with E-state index < -0.39 is 50.0 Å². The Bertz CT molecular complexity index is 1130. The third-order valence-corrected chi connectivity index (χ3v) is 11.4. The van der Waals surface area contributed by atoms with Crippen molar-refractivity contribution in [3.05, 3.63) is 36.0 Å². The summed E-state index contributed by atoms with van der Waals surface area (Å²) in [6, 6.07) is 0.609. The molecule has 1 aliphatic carbocycles. The van der Waals surface area contributed by atoms with Gasteiger partial charge in [-0.25, -0.2) is 19.2 Å². The minimum Gasteiger partial charge on any atom is -0.442 e. The maximum absolute atomic E-state index is 15.1. The maximum atomic E-state index is 15.1. The molecular formula is C25H38FN5O5Si. The summed E-state index contributed by atoms with van der Waals surface area (Å²) in [5.41, 5.74) is -0.674. The van der Waals surface area contributed by atoms with Crippen molar-refractivity contribution >= 4 is 26.0 Å². The summed E-state index contributed by atoms with van der Waals surface area (Å²) in [6.45, 7) is 16.0. The normalized spacial score (nSPS) is 22.6. The van der Waals surface area contributed by atoms with Gasteiger partial charge in [0.05, 0.1) is 17.7 Å². The lowest BCUT2D eigenvalue weighted by molar-refractivity contribution is 0.0465. The van der Waals surface area contributed by atoms with E-state index >= 15 is 4.39 Å². The van der Waals surface area contributed by atoms with Crippen molar-refractivity contribution in [2.24, 2.45) is 5.92 Å². The molecule has 1 fully saturated rings. The number of carbonyl (C=O) groups is 2. The minimum absolute atomic E-state index is 0.00396. The standard InChI is InChI=1S/C25H38FN5O5Si/c1-24(2,3)36-23(34)31-10-9-17(30-31)21(33)16-12-27-14-28-22(16)29-18-11-15(20(32)19(18)26)13-35-37(7,8)25(4,5)6/h9-10,12,14-15,18-20,32H,11,13H2,1-8H3,(H,27,28,29)/t15-,18-,19-,20-/m1/s1. The van der Waals surface area contributed by atoms with E-state index in [0.717, 1.165) is 4.68 Å². The molecule has 1 saturated carbocycles. The number of nitrogens with zero attached hydrogens (tertiary/aromatic N) is 4. The third-order valence-electron chi connectivity index (χ3n) is 6.90. The van der Waals surface area contributed by atoms with E-state index in [0.29, 0.717) is 6.42 Å². The Balaban J connectivity index is 1.72. The summed E-state index contributed by atoms with van der Waals surface area (Å²) in [6.07, 6.45) is 0.693. The molecule has 10 nitrogen and oxygen atoms in total. The second kappa shape index (κ2) is 10.6. The van der Waals surface area contributed by atoms with E-state index in [1.165, 1.54) is 24.8 Å². The van der Waals surface area contributed by atoms with Crippen LogP contribution in [0.4, 0.5) is 15.0 Å². The number of alkyl halides is 1. The Morgan fingerprint density at radius 1 is 1.24 bits per heavy atom. The van der Waals surface area contributed by atoms with Crippen LogP contribution in [-0.2, 0) is 9.16 Å². The number of hydrogen-bond donors (Lipinski definition) is 2. The van der Waals surface area contributed by atoms with Gasteiger partial charge in [0.25, 0.3) is 0 Å². The van der Waals surface area contributed by atoms with Crippen molar-refractivity contribution in [1.29, 1.82) is 0 Å². The molecule has 2 aromatic rings.